The quantitative estimate of drug-likeness (QED) is 0.722. The summed E-state index contributed by atoms with van der Waals surface area (Å²) >= 11 is 0. The van der Waals surface area contributed by atoms with Gasteiger partial charge in [0.2, 0.25) is 17.4 Å². The lowest BCUT2D eigenvalue weighted by atomic mass is 9.81. The molecule has 0 spiro atoms. The van der Waals surface area contributed by atoms with E-state index in [0.717, 1.165) is 24.6 Å². The first kappa shape index (κ1) is 17.3. The number of nitrogens with two attached hydrogens (primary N) is 1. The number of carbonyl (C=O) groups is 2. The molecule has 0 radical (unpaired) electrons. The lowest BCUT2D eigenvalue weighted by Crippen LogP contribution is -2.59. The van der Waals surface area contributed by atoms with Gasteiger partial charge in [-0.1, -0.05) is 31.4 Å². The van der Waals surface area contributed by atoms with Crippen molar-refractivity contribution in [1.82, 2.24) is 14.9 Å². The van der Waals surface area contributed by atoms with Crippen molar-refractivity contribution in [1.29, 1.82) is 0 Å². The summed E-state index contributed by atoms with van der Waals surface area (Å²) in [4.78, 5) is 41.4. The molecule has 0 unspecified atom stereocenters. The van der Waals surface area contributed by atoms with Gasteiger partial charge in [-0.05, 0) is 25.0 Å². The number of aromatic nitrogens is 2. The van der Waals surface area contributed by atoms with Crippen LogP contribution in [-0.2, 0) is 16.1 Å². The molecule has 3 N–H and O–H groups in total. The maximum absolute atomic E-state index is 12.7. The summed E-state index contributed by atoms with van der Waals surface area (Å²) in [7, 11) is 0. The Morgan fingerprint density at radius 1 is 1.22 bits per heavy atom. The Morgan fingerprint density at radius 3 is 2.70 bits per heavy atom. The Morgan fingerprint density at radius 2 is 1.96 bits per heavy atom. The van der Waals surface area contributed by atoms with Gasteiger partial charge in [0.1, 0.15) is 23.2 Å². The molecule has 1 aliphatic carbocycles. The Balaban J connectivity index is 1.62. The molecule has 1 aliphatic rings. The molecule has 0 atom stereocenters. The number of rotatable bonds is 4. The molecule has 140 valence electrons. The van der Waals surface area contributed by atoms with E-state index in [2.05, 4.69) is 10.3 Å². The van der Waals surface area contributed by atoms with Crippen molar-refractivity contribution in [3.05, 3.63) is 40.9 Å². The van der Waals surface area contributed by atoms with Crippen LogP contribution in [0.4, 0.5) is 0 Å². The number of amides is 2. The second-order valence-electron chi connectivity index (χ2n) is 7.01. The van der Waals surface area contributed by atoms with E-state index < -0.39 is 22.9 Å². The van der Waals surface area contributed by atoms with E-state index in [9.17, 15) is 14.4 Å². The highest BCUT2D eigenvalue weighted by atomic mass is 16.3. The molecule has 8 nitrogen and oxygen atoms in total. The first-order valence-corrected chi connectivity index (χ1v) is 8.98. The van der Waals surface area contributed by atoms with Crippen molar-refractivity contribution in [3.8, 4) is 0 Å². The third-order valence-electron chi connectivity index (χ3n) is 5.22. The van der Waals surface area contributed by atoms with Gasteiger partial charge >= 0.3 is 0 Å². The van der Waals surface area contributed by atoms with Gasteiger partial charge in [0, 0.05) is 5.39 Å². The van der Waals surface area contributed by atoms with E-state index in [1.807, 2.05) is 18.2 Å². The number of hydrogen-bond donors (Lipinski definition) is 2. The molecule has 8 heteroatoms. The molecule has 3 aromatic rings. The smallest absolute Gasteiger partial charge is 0.297 e. The van der Waals surface area contributed by atoms with Crippen molar-refractivity contribution in [2.24, 2.45) is 5.73 Å². The molecule has 2 aromatic heterocycles. The summed E-state index contributed by atoms with van der Waals surface area (Å²) in [5.41, 5.74) is 5.20. The van der Waals surface area contributed by atoms with E-state index in [4.69, 9.17) is 10.2 Å². The Labute approximate surface area is 154 Å². The van der Waals surface area contributed by atoms with Gasteiger partial charge in [0.15, 0.2) is 0 Å². The lowest BCUT2D eigenvalue weighted by molar-refractivity contribution is -0.133. The minimum Gasteiger partial charge on any atom is -0.448 e. The number of benzene rings is 1. The van der Waals surface area contributed by atoms with Crippen LogP contribution in [0.2, 0.25) is 0 Å². The summed E-state index contributed by atoms with van der Waals surface area (Å²) in [6, 6.07) is 7.23. The first-order chi connectivity index (χ1) is 13.0. The molecular weight excluding hydrogens is 348 g/mol. The van der Waals surface area contributed by atoms with Crippen LogP contribution in [0.1, 0.15) is 32.1 Å². The normalized spacial score (nSPS) is 16.4. The number of fused-ring (bicyclic) bond motifs is 3. The minimum atomic E-state index is -1.03. The first-order valence-electron chi connectivity index (χ1n) is 8.98. The van der Waals surface area contributed by atoms with E-state index >= 15 is 0 Å². The number of hydrogen-bond acceptors (Lipinski definition) is 5. The van der Waals surface area contributed by atoms with Crippen LogP contribution >= 0.6 is 0 Å². The zero-order chi connectivity index (χ0) is 19.0. The highest BCUT2D eigenvalue weighted by Crippen LogP contribution is 2.28. The molecule has 1 saturated carbocycles. The van der Waals surface area contributed by atoms with Gasteiger partial charge in [-0.15, -0.1) is 0 Å². The number of primary amides is 1. The minimum absolute atomic E-state index is 0.105. The Kier molecular flexibility index (Phi) is 4.18. The second kappa shape index (κ2) is 6.53. The van der Waals surface area contributed by atoms with Crippen molar-refractivity contribution < 1.29 is 14.0 Å². The summed E-state index contributed by atoms with van der Waals surface area (Å²) in [5, 5.41) is 3.50. The third kappa shape index (κ3) is 2.97. The van der Waals surface area contributed by atoms with Crippen LogP contribution in [0.5, 0.6) is 0 Å². The van der Waals surface area contributed by atoms with E-state index in [1.165, 1.54) is 10.9 Å². The molecule has 2 heterocycles. The topological polar surface area (TPSA) is 120 Å². The number of nitrogens with one attached hydrogen (secondary N) is 1. The van der Waals surface area contributed by atoms with Crippen LogP contribution in [0.3, 0.4) is 0 Å². The van der Waals surface area contributed by atoms with Gasteiger partial charge in [0.25, 0.3) is 5.56 Å². The molecule has 27 heavy (non-hydrogen) atoms. The van der Waals surface area contributed by atoms with Gasteiger partial charge in [-0.2, -0.15) is 0 Å². The number of nitrogens with zero attached hydrogens (tertiary/aromatic N) is 2. The number of para-hydroxylation sites is 1. The van der Waals surface area contributed by atoms with Crippen molar-refractivity contribution >= 4 is 33.9 Å². The molecule has 0 saturated heterocycles. The van der Waals surface area contributed by atoms with Crippen molar-refractivity contribution in [2.75, 3.05) is 0 Å². The number of furan rings is 1. The summed E-state index contributed by atoms with van der Waals surface area (Å²) < 4.78 is 6.79. The van der Waals surface area contributed by atoms with E-state index in [0.29, 0.717) is 23.9 Å². The summed E-state index contributed by atoms with van der Waals surface area (Å²) in [5.74, 6) is -0.983. The largest absolute Gasteiger partial charge is 0.448 e. The molecule has 0 aliphatic heterocycles. The Hall–Kier alpha value is -3.16. The van der Waals surface area contributed by atoms with Crippen LogP contribution in [0.25, 0.3) is 22.1 Å². The second-order valence-corrected chi connectivity index (χ2v) is 7.01. The van der Waals surface area contributed by atoms with Gasteiger partial charge in [-0.3, -0.25) is 19.0 Å². The fourth-order valence-corrected chi connectivity index (χ4v) is 3.78. The average molecular weight is 368 g/mol. The number of carbonyl (C=O) groups excluding carboxylic acids is 2. The highest BCUT2D eigenvalue weighted by Gasteiger charge is 2.39. The average Bonchev–Trinajstić information content (AvgIpc) is 3.04. The fraction of sp³-hybridized carbons (Fsp3) is 0.368. The summed E-state index contributed by atoms with van der Waals surface area (Å²) in [6.45, 7) is -0.256. The van der Waals surface area contributed by atoms with E-state index in [-0.39, 0.29) is 12.1 Å². The molecule has 4 rings (SSSR count). The van der Waals surface area contributed by atoms with Crippen molar-refractivity contribution in [2.45, 2.75) is 44.2 Å². The Bertz CT molecular complexity index is 1090. The highest BCUT2D eigenvalue weighted by molar-refractivity contribution is 6.01. The lowest BCUT2D eigenvalue weighted by Gasteiger charge is -2.35. The maximum atomic E-state index is 12.7. The molecule has 1 fully saturated rings. The predicted molar refractivity (Wildman–Crippen MR) is 98.9 cm³/mol. The molecule has 0 bridgehead atoms. The van der Waals surface area contributed by atoms with Crippen LogP contribution in [-0.4, -0.2) is 26.9 Å². The summed E-state index contributed by atoms with van der Waals surface area (Å²) in [6.07, 6.45) is 5.03. The zero-order valence-corrected chi connectivity index (χ0v) is 14.7. The van der Waals surface area contributed by atoms with Gasteiger partial charge < -0.3 is 15.5 Å². The van der Waals surface area contributed by atoms with Crippen LogP contribution in [0.15, 0.2) is 39.8 Å². The maximum Gasteiger partial charge on any atom is 0.297 e. The SMILES string of the molecule is NC(=O)C1(NC(=O)Cn2cnc3c(oc4ccccc43)c2=O)CCCCC1. The van der Waals surface area contributed by atoms with E-state index in [1.54, 1.807) is 6.07 Å². The third-order valence-corrected chi connectivity index (χ3v) is 5.22. The van der Waals surface area contributed by atoms with Gasteiger partial charge in [-0.25, -0.2) is 4.98 Å². The monoisotopic (exact) mass is 368 g/mol. The molecular formula is C19H20N4O4. The van der Waals surface area contributed by atoms with Crippen LogP contribution in [0, 0.1) is 0 Å². The van der Waals surface area contributed by atoms with Crippen molar-refractivity contribution in [3.63, 3.8) is 0 Å². The molecule has 2 amide bonds. The fourth-order valence-electron chi connectivity index (χ4n) is 3.78. The standard InChI is InChI=1S/C19H20N4O4/c20-18(26)19(8-4-1-5-9-19)22-14(24)10-23-11-21-15-12-6-2-3-7-13(12)27-16(15)17(23)25/h2-3,6-7,11H,1,4-5,8-10H2,(H2,20,26)(H,22,24). The predicted octanol–water partition coefficient (Wildman–Crippen LogP) is 1.45. The van der Waals surface area contributed by atoms with Gasteiger partial charge in [0.05, 0.1) is 6.33 Å². The molecule has 1 aromatic carbocycles. The zero-order valence-electron chi connectivity index (χ0n) is 14.7. The van der Waals surface area contributed by atoms with Crippen LogP contribution < -0.4 is 16.6 Å².